The van der Waals surface area contributed by atoms with Crippen molar-refractivity contribution in [1.82, 2.24) is 4.98 Å². The molecule has 2 rings (SSSR count). The third-order valence-corrected chi connectivity index (χ3v) is 2.57. The van der Waals surface area contributed by atoms with Gasteiger partial charge in [-0.05, 0) is 31.2 Å². The molecule has 1 aromatic heterocycles. The molecule has 2 aromatic rings. The van der Waals surface area contributed by atoms with Crippen LogP contribution < -0.4 is 10.1 Å². The van der Waals surface area contributed by atoms with Crippen molar-refractivity contribution in [2.75, 3.05) is 12.4 Å². The number of nitrogens with one attached hydrogen (secondary N) is 1. The summed E-state index contributed by atoms with van der Waals surface area (Å²) in [6, 6.07) is 10.4. The highest BCUT2D eigenvalue weighted by molar-refractivity contribution is 5.89. The predicted molar refractivity (Wildman–Crippen MR) is 72.2 cm³/mol. The molecule has 5 heteroatoms. The van der Waals surface area contributed by atoms with E-state index in [0.717, 1.165) is 5.69 Å². The molecule has 0 unspecified atom stereocenters. The van der Waals surface area contributed by atoms with E-state index in [0.29, 0.717) is 17.3 Å². The zero-order valence-corrected chi connectivity index (χ0v) is 10.7. The predicted octanol–water partition coefficient (Wildman–Crippen LogP) is 2.84. The lowest BCUT2D eigenvalue weighted by molar-refractivity contribution is 0.0696. The van der Waals surface area contributed by atoms with E-state index in [2.05, 4.69) is 10.3 Å². The number of carboxylic acids is 1. The molecule has 1 heterocycles. The van der Waals surface area contributed by atoms with Crippen LogP contribution in [0.5, 0.6) is 5.75 Å². The molecule has 0 aliphatic heterocycles. The number of aromatic nitrogens is 1. The summed E-state index contributed by atoms with van der Waals surface area (Å²) in [4.78, 5) is 15.3. The second-order valence-electron chi connectivity index (χ2n) is 4.01. The number of para-hydroxylation sites is 2. The first-order valence-electron chi connectivity index (χ1n) is 5.72. The molecule has 0 atom stereocenters. The number of hydrogen-bond donors (Lipinski definition) is 2. The Bertz CT molecular complexity index is 611. The number of carbonyl (C=O) groups is 1. The van der Waals surface area contributed by atoms with Gasteiger partial charge in [0.15, 0.2) is 0 Å². The molecule has 0 radical (unpaired) electrons. The molecular formula is C14H14N2O3. The van der Waals surface area contributed by atoms with Gasteiger partial charge in [0.05, 0.1) is 18.4 Å². The van der Waals surface area contributed by atoms with Crippen LogP contribution in [0.15, 0.2) is 36.4 Å². The molecule has 0 aliphatic rings. The van der Waals surface area contributed by atoms with E-state index in [1.54, 1.807) is 14.0 Å². The Labute approximate surface area is 110 Å². The van der Waals surface area contributed by atoms with Crippen molar-refractivity contribution in [3.05, 3.63) is 47.7 Å². The summed E-state index contributed by atoms with van der Waals surface area (Å²) in [5.41, 5.74) is 1.57. The second-order valence-corrected chi connectivity index (χ2v) is 4.01. The Kier molecular flexibility index (Phi) is 3.66. The van der Waals surface area contributed by atoms with Crippen molar-refractivity contribution in [3.8, 4) is 5.75 Å². The number of aryl methyl sites for hydroxylation is 1. The number of methoxy groups -OCH3 is 1. The number of anilines is 2. The third-order valence-electron chi connectivity index (χ3n) is 2.57. The molecule has 0 saturated carbocycles. The monoisotopic (exact) mass is 258 g/mol. The second kappa shape index (κ2) is 5.39. The lowest BCUT2D eigenvalue weighted by Crippen LogP contribution is -2.02. The topological polar surface area (TPSA) is 71.5 Å². The lowest BCUT2D eigenvalue weighted by atomic mass is 10.2. The minimum absolute atomic E-state index is 0.199. The minimum Gasteiger partial charge on any atom is -0.495 e. The van der Waals surface area contributed by atoms with E-state index in [9.17, 15) is 4.79 Å². The number of benzene rings is 1. The number of rotatable bonds is 4. The maximum Gasteiger partial charge on any atom is 0.335 e. The lowest BCUT2D eigenvalue weighted by Gasteiger charge is -2.11. The van der Waals surface area contributed by atoms with Gasteiger partial charge in [0.25, 0.3) is 0 Å². The molecule has 2 N–H and O–H groups in total. The zero-order valence-electron chi connectivity index (χ0n) is 10.7. The number of nitrogens with zero attached hydrogens (tertiary/aromatic N) is 1. The highest BCUT2D eigenvalue weighted by atomic mass is 16.5. The van der Waals surface area contributed by atoms with Crippen LogP contribution in [0.3, 0.4) is 0 Å². The molecule has 0 saturated heterocycles. The zero-order chi connectivity index (χ0) is 13.8. The highest BCUT2D eigenvalue weighted by Crippen LogP contribution is 2.26. The molecular weight excluding hydrogens is 244 g/mol. The minimum atomic E-state index is -0.978. The van der Waals surface area contributed by atoms with Gasteiger partial charge in [-0.2, -0.15) is 0 Å². The van der Waals surface area contributed by atoms with Gasteiger partial charge in [-0.3, -0.25) is 0 Å². The maximum absolute atomic E-state index is 11.0. The van der Waals surface area contributed by atoms with Crippen molar-refractivity contribution in [2.24, 2.45) is 0 Å². The Hall–Kier alpha value is -2.56. The first-order chi connectivity index (χ1) is 9.10. The largest absolute Gasteiger partial charge is 0.495 e. The summed E-state index contributed by atoms with van der Waals surface area (Å²) in [6.45, 7) is 1.75. The molecule has 19 heavy (non-hydrogen) atoms. The van der Waals surface area contributed by atoms with Crippen LogP contribution in [0.1, 0.15) is 16.1 Å². The Morgan fingerprint density at radius 1 is 1.32 bits per heavy atom. The molecule has 1 aromatic carbocycles. The summed E-state index contributed by atoms with van der Waals surface area (Å²) in [5, 5.41) is 12.1. The maximum atomic E-state index is 11.0. The van der Waals surface area contributed by atoms with Gasteiger partial charge in [0.2, 0.25) is 0 Å². The summed E-state index contributed by atoms with van der Waals surface area (Å²) in [5.74, 6) is 0.165. The Morgan fingerprint density at radius 2 is 2.05 bits per heavy atom. The van der Waals surface area contributed by atoms with Crippen LogP contribution in [0.4, 0.5) is 11.5 Å². The fourth-order valence-corrected chi connectivity index (χ4v) is 1.74. The first kappa shape index (κ1) is 12.9. The number of hydrogen-bond acceptors (Lipinski definition) is 4. The van der Waals surface area contributed by atoms with Crippen LogP contribution in [0, 0.1) is 6.92 Å². The molecule has 0 spiro atoms. The van der Waals surface area contributed by atoms with Crippen LogP contribution in [0.2, 0.25) is 0 Å². The van der Waals surface area contributed by atoms with Crippen LogP contribution in [-0.2, 0) is 0 Å². The fourth-order valence-electron chi connectivity index (χ4n) is 1.74. The summed E-state index contributed by atoms with van der Waals surface area (Å²) in [6.07, 6.45) is 0. The van der Waals surface area contributed by atoms with Gasteiger partial charge < -0.3 is 15.2 Å². The van der Waals surface area contributed by atoms with Crippen LogP contribution in [-0.4, -0.2) is 23.2 Å². The fraction of sp³-hybridized carbons (Fsp3) is 0.143. The number of pyridine rings is 1. The molecule has 0 aliphatic carbocycles. The van der Waals surface area contributed by atoms with Crippen LogP contribution in [0.25, 0.3) is 0 Å². The quantitative estimate of drug-likeness (QED) is 0.882. The highest BCUT2D eigenvalue weighted by Gasteiger charge is 2.08. The third kappa shape index (κ3) is 3.01. The summed E-state index contributed by atoms with van der Waals surface area (Å²) in [7, 11) is 1.58. The van der Waals surface area contributed by atoms with Gasteiger partial charge in [-0.15, -0.1) is 0 Å². The van der Waals surface area contributed by atoms with E-state index in [1.807, 2.05) is 24.3 Å². The van der Waals surface area contributed by atoms with Crippen molar-refractivity contribution in [1.29, 1.82) is 0 Å². The van der Waals surface area contributed by atoms with Crippen molar-refractivity contribution in [2.45, 2.75) is 6.92 Å². The first-order valence-corrected chi connectivity index (χ1v) is 5.72. The van der Waals surface area contributed by atoms with Crippen molar-refractivity contribution in [3.63, 3.8) is 0 Å². The van der Waals surface area contributed by atoms with E-state index in [1.165, 1.54) is 12.1 Å². The number of carboxylic acid groups (broad SMARTS) is 1. The Balaban J connectivity index is 2.35. The summed E-state index contributed by atoms with van der Waals surface area (Å²) >= 11 is 0. The summed E-state index contributed by atoms with van der Waals surface area (Å²) < 4.78 is 5.22. The van der Waals surface area contributed by atoms with Crippen LogP contribution >= 0.6 is 0 Å². The standard InChI is InChI=1S/C14H14N2O3/c1-9-7-10(14(17)18)8-13(15-9)16-11-5-3-4-6-12(11)19-2/h3-8H,1-2H3,(H,15,16)(H,17,18). The Morgan fingerprint density at radius 3 is 2.74 bits per heavy atom. The number of ether oxygens (including phenoxy) is 1. The average molecular weight is 258 g/mol. The SMILES string of the molecule is COc1ccccc1Nc1cc(C(=O)O)cc(C)n1. The van der Waals surface area contributed by atoms with Gasteiger partial charge >= 0.3 is 5.97 Å². The van der Waals surface area contributed by atoms with E-state index in [-0.39, 0.29) is 5.56 Å². The molecule has 0 amide bonds. The normalized spacial score (nSPS) is 10.0. The van der Waals surface area contributed by atoms with E-state index in [4.69, 9.17) is 9.84 Å². The molecule has 0 bridgehead atoms. The van der Waals surface area contributed by atoms with Gasteiger partial charge in [-0.1, -0.05) is 12.1 Å². The average Bonchev–Trinajstić information content (AvgIpc) is 2.38. The van der Waals surface area contributed by atoms with Gasteiger partial charge in [-0.25, -0.2) is 9.78 Å². The van der Waals surface area contributed by atoms with Gasteiger partial charge in [0.1, 0.15) is 11.6 Å². The van der Waals surface area contributed by atoms with Gasteiger partial charge in [0, 0.05) is 5.69 Å². The smallest absolute Gasteiger partial charge is 0.335 e. The van der Waals surface area contributed by atoms with Crippen molar-refractivity contribution >= 4 is 17.5 Å². The molecule has 0 fully saturated rings. The van der Waals surface area contributed by atoms with E-state index >= 15 is 0 Å². The molecule has 5 nitrogen and oxygen atoms in total. The van der Waals surface area contributed by atoms with Crippen molar-refractivity contribution < 1.29 is 14.6 Å². The number of aromatic carboxylic acids is 1. The molecule has 98 valence electrons. The van der Waals surface area contributed by atoms with E-state index < -0.39 is 5.97 Å².